The standard InChI is InChI=1S/C16H20ClN5O3S/c1-2-3-6-25-14(23)9-21-26(24)10-4-5-11-12(7-10)15(22-16(18)19)20-8-13(11)17/h4-5,7-8,21H,2-3,6,9H2,1H3,(H4,18,19,20,22). The number of aromatic nitrogens is 1. The van der Waals surface area contributed by atoms with Gasteiger partial charge in [-0.05, 0) is 18.6 Å². The molecule has 1 unspecified atom stereocenters. The van der Waals surface area contributed by atoms with Gasteiger partial charge in [0.15, 0.2) is 11.8 Å². The Kier molecular flexibility index (Phi) is 7.31. The zero-order valence-electron chi connectivity index (χ0n) is 14.2. The van der Waals surface area contributed by atoms with E-state index >= 15 is 0 Å². The number of unbranched alkanes of at least 4 members (excludes halogenated alkanes) is 1. The summed E-state index contributed by atoms with van der Waals surface area (Å²) in [5.74, 6) is -0.346. The molecule has 1 atom stereocenters. The maximum absolute atomic E-state index is 12.4. The number of carbonyl (C=O) groups excluding carboxylic acids is 1. The second-order valence-corrected chi connectivity index (χ2v) is 7.04. The number of nitrogens with zero attached hydrogens (tertiary/aromatic N) is 2. The molecule has 0 aliphatic rings. The molecule has 1 aromatic carbocycles. The molecule has 0 bridgehead atoms. The number of pyridine rings is 1. The number of benzene rings is 1. The van der Waals surface area contributed by atoms with Crippen molar-refractivity contribution < 1.29 is 13.7 Å². The van der Waals surface area contributed by atoms with Gasteiger partial charge in [-0.25, -0.2) is 13.9 Å². The summed E-state index contributed by atoms with van der Waals surface area (Å²) in [7, 11) is -1.63. The van der Waals surface area contributed by atoms with Crippen molar-refractivity contribution in [3.63, 3.8) is 0 Å². The number of rotatable bonds is 8. The van der Waals surface area contributed by atoms with Crippen LogP contribution in [0.1, 0.15) is 19.8 Å². The number of aliphatic imine (C=N–C) groups is 1. The molecule has 8 nitrogen and oxygen atoms in total. The van der Waals surface area contributed by atoms with Crippen LogP contribution in [0.3, 0.4) is 0 Å². The highest BCUT2D eigenvalue weighted by atomic mass is 35.5. The summed E-state index contributed by atoms with van der Waals surface area (Å²) in [6.07, 6.45) is 3.16. The van der Waals surface area contributed by atoms with Crippen LogP contribution in [0.2, 0.25) is 5.02 Å². The number of fused-ring (bicyclic) bond motifs is 1. The van der Waals surface area contributed by atoms with Crippen molar-refractivity contribution in [3.05, 3.63) is 29.4 Å². The Balaban J connectivity index is 2.18. The van der Waals surface area contributed by atoms with Crippen molar-refractivity contribution >= 4 is 51.1 Å². The normalized spacial score (nSPS) is 11.9. The first kappa shape index (κ1) is 20.1. The highest BCUT2D eigenvalue weighted by Gasteiger charge is 2.12. The van der Waals surface area contributed by atoms with Crippen molar-refractivity contribution in [2.24, 2.45) is 16.5 Å². The molecule has 0 saturated carbocycles. The third-order valence-corrected chi connectivity index (χ3v) is 4.74. The quantitative estimate of drug-likeness (QED) is 0.269. The molecule has 0 spiro atoms. The van der Waals surface area contributed by atoms with Gasteiger partial charge in [0, 0.05) is 17.0 Å². The van der Waals surface area contributed by atoms with Gasteiger partial charge in [-0.15, -0.1) is 0 Å². The maximum atomic E-state index is 12.4. The summed E-state index contributed by atoms with van der Waals surface area (Å²) in [6.45, 7) is 2.19. The molecule has 0 aliphatic carbocycles. The summed E-state index contributed by atoms with van der Waals surface area (Å²) in [5, 5.41) is 1.63. The molecule has 1 heterocycles. The van der Waals surface area contributed by atoms with E-state index in [9.17, 15) is 9.00 Å². The van der Waals surface area contributed by atoms with E-state index in [1.807, 2.05) is 6.92 Å². The fraction of sp³-hybridized carbons (Fsp3) is 0.312. The Bertz CT molecular complexity index is 855. The molecule has 2 rings (SSSR count). The third kappa shape index (κ3) is 5.38. The molecule has 5 N–H and O–H groups in total. The number of esters is 1. The van der Waals surface area contributed by atoms with Gasteiger partial charge in [0.2, 0.25) is 0 Å². The maximum Gasteiger partial charge on any atom is 0.320 e. The summed E-state index contributed by atoms with van der Waals surface area (Å²) >= 11 is 6.13. The summed E-state index contributed by atoms with van der Waals surface area (Å²) in [6, 6.07) is 4.94. The number of hydrogen-bond donors (Lipinski definition) is 3. The zero-order chi connectivity index (χ0) is 19.1. The first-order chi connectivity index (χ1) is 12.4. The van der Waals surface area contributed by atoms with Crippen LogP contribution in [0.5, 0.6) is 0 Å². The molecule has 140 valence electrons. The van der Waals surface area contributed by atoms with E-state index in [1.165, 1.54) is 6.20 Å². The molecule has 10 heteroatoms. The molecule has 0 aliphatic heterocycles. The second-order valence-electron chi connectivity index (χ2n) is 5.34. The molecule has 26 heavy (non-hydrogen) atoms. The second kappa shape index (κ2) is 9.46. The highest BCUT2D eigenvalue weighted by Crippen LogP contribution is 2.30. The topological polar surface area (TPSA) is 133 Å². The smallest absolute Gasteiger partial charge is 0.320 e. The molecule has 2 aromatic rings. The Hall–Kier alpha value is -2.23. The average Bonchev–Trinajstić information content (AvgIpc) is 2.61. The van der Waals surface area contributed by atoms with Gasteiger partial charge in [0.05, 0.1) is 16.5 Å². The van der Waals surface area contributed by atoms with Gasteiger partial charge >= 0.3 is 5.97 Å². The fourth-order valence-electron chi connectivity index (χ4n) is 2.09. The van der Waals surface area contributed by atoms with Crippen LogP contribution in [0, 0.1) is 0 Å². The van der Waals surface area contributed by atoms with E-state index in [4.69, 9.17) is 27.8 Å². The Morgan fingerprint density at radius 2 is 2.15 bits per heavy atom. The molecule has 1 aromatic heterocycles. The van der Waals surface area contributed by atoms with Gasteiger partial charge < -0.3 is 16.2 Å². The van der Waals surface area contributed by atoms with Crippen LogP contribution in [-0.2, 0) is 20.5 Å². The Labute approximate surface area is 158 Å². The van der Waals surface area contributed by atoms with Crippen LogP contribution in [0.4, 0.5) is 5.82 Å². The average molecular weight is 398 g/mol. The molecular formula is C16H20ClN5O3S. The lowest BCUT2D eigenvalue weighted by Gasteiger charge is -2.08. The number of nitrogens with two attached hydrogens (primary N) is 2. The number of nitrogens with one attached hydrogen (secondary N) is 1. The minimum Gasteiger partial charge on any atom is -0.465 e. The Morgan fingerprint density at radius 1 is 1.38 bits per heavy atom. The molecule has 0 amide bonds. The van der Waals surface area contributed by atoms with Crippen molar-refractivity contribution in [2.45, 2.75) is 24.7 Å². The van der Waals surface area contributed by atoms with E-state index in [2.05, 4.69) is 14.7 Å². The van der Waals surface area contributed by atoms with E-state index in [1.54, 1.807) is 18.2 Å². The minimum atomic E-state index is -1.63. The van der Waals surface area contributed by atoms with Crippen LogP contribution in [0.25, 0.3) is 10.8 Å². The SMILES string of the molecule is CCCCOC(=O)CNS(=O)c1ccc2c(Cl)cnc(N=C(N)N)c2c1. The van der Waals surface area contributed by atoms with Crippen molar-refractivity contribution in [2.75, 3.05) is 13.2 Å². The number of ether oxygens (including phenoxy) is 1. The van der Waals surface area contributed by atoms with Crippen LogP contribution >= 0.6 is 11.6 Å². The first-order valence-corrected chi connectivity index (χ1v) is 9.44. The molecule has 0 saturated heterocycles. The van der Waals surface area contributed by atoms with E-state index in [0.717, 1.165) is 12.8 Å². The first-order valence-electron chi connectivity index (χ1n) is 7.91. The van der Waals surface area contributed by atoms with Crippen LogP contribution in [-0.4, -0.2) is 34.3 Å². The fourth-order valence-corrected chi connectivity index (χ4v) is 3.14. The van der Waals surface area contributed by atoms with Crippen molar-refractivity contribution in [1.29, 1.82) is 0 Å². The monoisotopic (exact) mass is 397 g/mol. The van der Waals surface area contributed by atoms with Gasteiger partial charge in [-0.2, -0.15) is 4.99 Å². The van der Waals surface area contributed by atoms with Crippen LogP contribution in [0.15, 0.2) is 34.3 Å². The number of hydrogen-bond acceptors (Lipinski definition) is 5. The van der Waals surface area contributed by atoms with E-state index < -0.39 is 17.0 Å². The molecular weight excluding hydrogens is 378 g/mol. The summed E-state index contributed by atoms with van der Waals surface area (Å²) in [5.41, 5.74) is 10.8. The van der Waals surface area contributed by atoms with Crippen LogP contribution < -0.4 is 16.2 Å². The predicted molar refractivity (Wildman–Crippen MR) is 103 cm³/mol. The third-order valence-electron chi connectivity index (χ3n) is 3.35. The highest BCUT2D eigenvalue weighted by molar-refractivity contribution is 7.83. The lowest BCUT2D eigenvalue weighted by molar-refractivity contribution is -0.142. The lowest BCUT2D eigenvalue weighted by atomic mass is 10.1. The van der Waals surface area contributed by atoms with Gasteiger partial charge in [-0.3, -0.25) is 4.79 Å². The van der Waals surface area contributed by atoms with Crippen molar-refractivity contribution in [1.82, 2.24) is 9.71 Å². The number of halogens is 1. The minimum absolute atomic E-state index is 0.152. The number of guanidine groups is 1. The lowest BCUT2D eigenvalue weighted by Crippen LogP contribution is -2.26. The largest absolute Gasteiger partial charge is 0.465 e. The summed E-state index contributed by atoms with van der Waals surface area (Å²) in [4.78, 5) is 20.1. The summed E-state index contributed by atoms with van der Waals surface area (Å²) < 4.78 is 20.0. The molecule has 0 fully saturated rings. The van der Waals surface area contributed by atoms with Gasteiger partial charge in [0.1, 0.15) is 17.5 Å². The Morgan fingerprint density at radius 3 is 2.85 bits per heavy atom. The van der Waals surface area contributed by atoms with Gasteiger partial charge in [-0.1, -0.05) is 31.0 Å². The van der Waals surface area contributed by atoms with E-state index in [-0.39, 0.29) is 18.3 Å². The van der Waals surface area contributed by atoms with Gasteiger partial charge in [0.25, 0.3) is 0 Å². The molecule has 0 radical (unpaired) electrons. The number of carbonyl (C=O) groups is 1. The zero-order valence-corrected chi connectivity index (χ0v) is 15.8. The van der Waals surface area contributed by atoms with E-state index in [0.29, 0.717) is 27.3 Å². The van der Waals surface area contributed by atoms with Crippen molar-refractivity contribution in [3.8, 4) is 0 Å². The predicted octanol–water partition coefficient (Wildman–Crippen LogP) is 1.75.